The molecule has 2 N–H and O–H groups in total. The average Bonchev–Trinajstić information content (AvgIpc) is 2.32. The summed E-state index contributed by atoms with van der Waals surface area (Å²) in [6.45, 7) is 6.86. The zero-order chi connectivity index (χ0) is 14.4. The van der Waals surface area contributed by atoms with Gasteiger partial charge in [-0.15, -0.1) is 0 Å². The fraction of sp³-hybridized carbons (Fsp3) is 0.500. The summed E-state index contributed by atoms with van der Waals surface area (Å²) in [6.07, 6.45) is 0.997. The van der Waals surface area contributed by atoms with E-state index in [1.165, 1.54) is 0 Å². The summed E-state index contributed by atoms with van der Waals surface area (Å²) >= 11 is 8.10. The second kappa shape index (κ2) is 7.94. The average molecular weight is 395 g/mol. The predicted octanol–water partition coefficient (Wildman–Crippen LogP) is 3.91. The van der Waals surface area contributed by atoms with Crippen molar-refractivity contribution in [1.82, 2.24) is 5.32 Å². The summed E-state index contributed by atoms with van der Waals surface area (Å²) in [5, 5.41) is 6.83. The van der Waals surface area contributed by atoms with Gasteiger partial charge in [0, 0.05) is 20.8 Å². The molecule has 0 aliphatic rings. The Morgan fingerprint density at radius 3 is 2.63 bits per heavy atom. The maximum absolute atomic E-state index is 11.9. The van der Waals surface area contributed by atoms with Crippen LogP contribution in [-0.4, -0.2) is 18.5 Å². The molecule has 0 radical (unpaired) electrons. The number of halogens is 2. The molecule has 5 heteroatoms. The van der Waals surface area contributed by atoms with Gasteiger partial charge in [0.25, 0.3) is 0 Å². The Labute approximate surface area is 133 Å². The van der Waals surface area contributed by atoms with Crippen LogP contribution in [0.3, 0.4) is 0 Å². The molecule has 0 saturated heterocycles. The fourth-order valence-corrected chi connectivity index (χ4v) is 2.57. The number of hydrogen-bond acceptors (Lipinski definition) is 2. The van der Waals surface area contributed by atoms with Crippen molar-refractivity contribution in [2.75, 3.05) is 11.9 Å². The van der Waals surface area contributed by atoms with E-state index in [1.54, 1.807) is 0 Å². The van der Waals surface area contributed by atoms with Gasteiger partial charge >= 0.3 is 0 Å². The van der Waals surface area contributed by atoms with Crippen LogP contribution in [0.15, 0.2) is 18.2 Å². The molecule has 1 aromatic rings. The third kappa shape index (κ3) is 5.99. The molecule has 0 spiro atoms. The van der Waals surface area contributed by atoms with Crippen molar-refractivity contribution in [3.63, 3.8) is 0 Å². The van der Waals surface area contributed by atoms with Crippen molar-refractivity contribution >= 4 is 45.8 Å². The molecule has 0 aliphatic heterocycles. The first kappa shape index (κ1) is 16.6. The van der Waals surface area contributed by atoms with Gasteiger partial charge in [-0.05, 0) is 60.1 Å². The Kier molecular flexibility index (Phi) is 6.93. The number of rotatable bonds is 6. The van der Waals surface area contributed by atoms with Crippen molar-refractivity contribution in [2.24, 2.45) is 5.92 Å². The first-order valence-electron chi connectivity index (χ1n) is 6.39. The van der Waals surface area contributed by atoms with Crippen molar-refractivity contribution in [3.8, 4) is 0 Å². The standard InChI is InChI=1S/C14H20ClIN2O/c1-9(2)6-7-17-14(19)10(3)18-13-5-4-11(15)8-12(13)16/h4-5,8-10,18H,6-7H2,1-3H3,(H,17,19). The van der Waals surface area contributed by atoms with Crippen LogP contribution in [0, 0.1) is 9.49 Å². The van der Waals surface area contributed by atoms with Crippen molar-refractivity contribution < 1.29 is 4.79 Å². The molecule has 1 atom stereocenters. The number of nitrogens with one attached hydrogen (secondary N) is 2. The van der Waals surface area contributed by atoms with E-state index in [1.807, 2.05) is 25.1 Å². The highest BCUT2D eigenvalue weighted by atomic mass is 127. The molecule has 1 rings (SSSR count). The van der Waals surface area contributed by atoms with Crippen LogP contribution in [0.4, 0.5) is 5.69 Å². The van der Waals surface area contributed by atoms with Crippen LogP contribution in [0.1, 0.15) is 27.2 Å². The van der Waals surface area contributed by atoms with Gasteiger partial charge in [0.15, 0.2) is 0 Å². The Bertz CT molecular complexity index is 437. The molecule has 1 amide bonds. The van der Waals surface area contributed by atoms with E-state index < -0.39 is 0 Å². The third-order valence-electron chi connectivity index (χ3n) is 2.72. The Morgan fingerprint density at radius 1 is 1.37 bits per heavy atom. The van der Waals surface area contributed by atoms with Crippen LogP contribution >= 0.6 is 34.2 Å². The Morgan fingerprint density at radius 2 is 2.05 bits per heavy atom. The quantitative estimate of drug-likeness (QED) is 0.718. The number of carbonyl (C=O) groups excluding carboxylic acids is 1. The van der Waals surface area contributed by atoms with Crippen LogP contribution in [0.25, 0.3) is 0 Å². The van der Waals surface area contributed by atoms with Crippen molar-refractivity contribution in [1.29, 1.82) is 0 Å². The molecule has 0 aliphatic carbocycles. The molecule has 3 nitrogen and oxygen atoms in total. The molecule has 106 valence electrons. The summed E-state index contributed by atoms with van der Waals surface area (Å²) in [4.78, 5) is 11.9. The first-order chi connectivity index (χ1) is 8.90. The highest BCUT2D eigenvalue weighted by Gasteiger charge is 2.13. The molecule has 1 aromatic carbocycles. The topological polar surface area (TPSA) is 41.1 Å². The second-order valence-corrected chi connectivity index (χ2v) is 6.56. The lowest BCUT2D eigenvalue weighted by molar-refractivity contribution is -0.121. The van der Waals surface area contributed by atoms with Gasteiger partial charge in [0.1, 0.15) is 6.04 Å². The molecular formula is C14H20ClIN2O. The van der Waals surface area contributed by atoms with Gasteiger partial charge in [-0.1, -0.05) is 25.4 Å². The fourth-order valence-electron chi connectivity index (χ4n) is 1.54. The summed E-state index contributed by atoms with van der Waals surface area (Å²) in [5.74, 6) is 0.618. The molecule has 0 saturated carbocycles. The lowest BCUT2D eigenvalue weighted by atomic mass is 10.1. The van der Waals surface area contributed by atoms with Gasteiger partial charge in [-0.25, -0.2) is 0 Å². The van der Waals surface area contributed by atoms with Crippen LogP contribution in [0.2, 0.25) is 5.02 Å². The lowest BCUT2D eigenvalue weighted by Gasteiger charge is -2.17. The molecule has 0 heterocycles. The van der Waals surface area contributed by atoms with Gasteiger partial charge in [0.2, 0.25) is 5.91 Å². The van der Waals surface area contributed by atoms with E-state index in [-0.39, 0.29) is 11.9 Å². The number of amides is 1. The number of carbonyl (C=O) groups is 1. The van der Waals surface area contributed by atoms with Crippen LogP contribution in [0.5, 0.6) is 0 Å². The molecular weight excluding hydrogens is 375 g/mol. The Hall–Kier alpha value is -0.490. The van der Waals surface area contributed by atoms with Crippen LogP contribution < -0.4 is 10.6 Å². The summed E-state index contributed by atoms with van der Waals surface area (Å²) in [7, 11) is 0. The highest BCUT2D eigenvalue weighted by molar-refractivity contribution is 14.1. The normalized spacial score (nSPS) is 12.3. The number of hydrogen-bond donors (Lipinski definition) is 2. The zero-order valence-corrected chi connectivity index (χ0v) is 14.4. The molecule has 1 unspecified atom stereocenters. The first-order valence-corrected chi connectivity index (χ1v) is 7.85. The Balaban J connectivity index is 2.49. The molecule has 0 aromatic heterocycles. The summed E-state index contributed by atoms with van der Waals surface area (Å²) in [5.41, 5.74) is 0.927. The van der Waals surface area contributed by atoms with Crippen molar-refractivity contribution in [2.45, 2.75) is 33.2 Å². The maximum Gasteiger partial charge on any atom is 0.242 e. The molecule has 19 heavy (non-hydrogen) atoms. The largest absolute Gasteiger partial charge is 0.373 e. The van der Waals surface area contributed by atoms with E-state index in [4.69, 9.17) is 11.6 Å². The van der Waals surface area contributed by atoms with E-state index in [0.717, 1.165) is 22.2 Å². The maximum atomic E-state index is 11.9. The zero-order valence-electron chi connectivity index (χ0n) is 11.5. The lowest BCUT2D eigenvalue weighted by Crippen LogP contribution is -2.38. The minimum Gasteiger partial charge on any atom is -0.373 e. The van der Waals surface area contributed by atoms with Gasteiger partial charge in [-0.3, -0.25) is 4.79 Å². The number of benzene rings is 1. The van der Waals surface area contributed by atoms with E-state index in [9.17, 15) is 4.79 Å². The summed E-state index contributed by atoms with van der Waals surface area (Å²) in [6, 6.07) is 5.31. The highest BCUT2D eigenvalue weighted by Crippen LogP contribution is 2.22. The SMILES string of the molecule is CC(C)CCNC(=O)C(C)Nc1ccc(Cl)cc1I. The summed E-state index contributed by atoms with van der Waals surface area (Å²) < 4.78 is 1.01. The van der Waals surface area contributed by atoms with E-state index >= 15 is 0 Å². The van der Waals surface area contributed by atoms with Gasteiger partial charge < -0.3 is 10.6 Å². The van der Waals surface area contributed by atoms with Gasteiger partial charge in [-0.2, -0.15) is 0 Å². The smallest absolute Gasteiger partial charge is 0.242 e. The van der Waals surface area contributed by atoms with E-state index in [0.29, 0.717) is 10.9 Å². The molecule has 0 fully saturated rings. The second-order valence-electron chi connectivity index (χ2n) is 4.96. The predicted molar refractivity (Wildman–Crippen MR) is 89.7 cm³/mol. The van der Waals surface area contributed by atoms with E-state index in [2.05, 4.69) is 47.1 Å². The van der Waals surface area contributed by atoms with Crippen molar-refractivity contribution in [3.05, 3.63) is 26.8 Å². The third-order valence-corrected chi connectivity index (χ3v) is 3.84. The minimum absolute atomic E-state index is 0.0198. The molecule has 0 bridgehead atoms. The van der Waals surface area contributed by atoms with Crippen LogP contribution in [-0.2, 0) is 4.79 Å². The number of anilines is 1. The minimum atomic E-state index is -0.262. The van der Waals surface area contributed by atoms with Gasteiger partial charge in [0.05, 0.1) is 0 Å². The monoisotopic (exact) mass is 394 g/mol.